The van der Waals surface area contributed by atoms with E-state index in [0.29, 0.717) is 32.9 Å². The molecule has 4 nitrogen and oxygen atoms in total. The number of ether oxygens (including phenoxy) is 1. The van der Waals surface area contributed by atoms with E-state index in [-0.39, 0.29) is 11.1 Å². The van der Waals surface area contributed by atoms with Crippen molar-refractivity contribution in [3.05, 3.63) is 68.5 Å². The van der Waals surface area contributed by atoms with Gasteiger partial charge >= 0.3 is 0 Å². The molecule has 122 valence electrons. The average Bonchev–Trinajstić information content (AvgIpc) is 2.85. The van der Waals surface area contributed by atoms with Crippen LogP contribution in [-0.2, 0) is 11.4 Å². The molecule has 0 bridgehead atoms. The molecule has 2 aromatic carbocycles. The maximum absolute atomic E-state index is 11.8. The van der Waals surface area contributed by atoms with Crippen LogP contribution in [0.15, 0.2) is 52.4 Å². The summed E-state index contributed by atoms with van der Waals surface area (Å²) in [5.41, 5.74) is 7.11. The summed E-state index contributed by atoms with van der Waals surface area (Å²) >= 11 is 13.3. The van der Waals surface area contributed by atoms with Gasteiger partial charge in [0, 0.05) is 21.2 Å². The predicted octanol–water partition coefficient (Wildman–Crippen LogP) is 4.50. The summed E-state index contributed by atoms with van der Waals surface area (Å²) in [6.07, 6.45) is 1.67. The van der Waals surface area contributed by atoms with Gasteiger partial charge in [0.05, 0.1) is 4.91 Å². The van der Waals surface area contributed by atoms with Gasteiger partial charge in [-0.3, -0.25) is 4.79 Å². The number of hydrogen-bond acceptors (Lipinski definition) is 4. The molecule has 1 aliphatic rings. The van der Waals surface area contributed by atoms with Gasteiger partial charge in [0.25, 0.3) is 5.91 Å². The number of nitrogens with two attached hydrogens (primary N) is 1. The lowest BCUT2D eigenvalue weighted by molar-refractivity contribution is -0.113. The van der Waals surface area contributed by atoms with Gasteiger partial charge in [-0.15, -0.1) is 0 Å². The molecule has 0 saturated heterocycles. The van der Waals surface area contributed by atoms with Crippen molar-refractivity contribution in [1.82, 2.24) is 0 Å². The molecule has 0 spiro atoms. The maximum Gasteiger partial charge on any atom is 0.286 e. The number of amides is 1. The Kier molecular flexibility index (Phi) is 5.14. The summed E-state index contributed by atoms with van der Waals surface area (Å²) in [6, 6.07) is 12.6. The Labute approximate surface area is 153 Å². The summed E-state index contributed by atoms with van der Waals surface area (Å²) in [5.74, 6) is 0.222. The molecule has 0 atom stereocenters. The molecule has 7 heteroatoms. The predicted molar refractivity (Wildman–Crippen MR) is 99.4 cm³/mol. The van der Waals surface area contributed by atoms with Crippen molar-refractivity contribution in [2.24, 2.45) is 10.7 Å². The molecule has 24 heavy (non-hydrogen) atoms. The normalized spacial score (nSPS) is 15.7. The Hall–Kier alpha value is -1.95. The number of thioether (sulfide) groups is 1. The van der Waals surface area contributed by atoms with Gasteiger partial charge < -0.3 is 10.5 Å². The van der Waals surface area contributed by atoms with E-state index in [1.165, 1.54) is 0 Å². The number of aliphatic imine (C=N–C) groups is 1. The topological polar surface area (TPSA) is 64.7 Å². The van der Waals surface area contributed by atoms with Gasteiger partial charge in [-0.05, 0) is 42.1 Å². The zero-order chi connectivity index (χ0) is 17.1. The van der Waals surface area contributed by atoms with Crippen molar-refractivity contribution in [3.8, 4) is 5.75 Å². The van der Waals surface area contributed by atoms with Gasteiger partial charge in [0.1, 0.15) is 12.4 Å². The van der Waals surface area contributed by atoms with Gasteiger partial charge in [-0.25, -0.2) is 0 Å². The number of halogens is 2. The van der Waals surface area contributed by atoms with Crippen LogP contribution in [0.25, 0.3) is 6.08 Å². The molecule has 3 rings (SSSR count). The van der Waals surface area contributed by atoms with Crippen LogP contribution in [0.1, 0.15) is 11.1 Å². The second kappa shape index (κ2) is 7.30. The van der Waals surface area contributed by atoms with E-state index in [2.05, 4.69) is 4.99 Å². The molecule has 0 unspecified atom stereocenters. The fraction of sp³-hybridized carbons (Fsp3) is 0.0588. The van der Waals surface area contributed by atoms with Crippen molar-refractivity contribution in [2.75, 3.05) is 0 Å². The summed E-state index contributed by atoms with van der Waals surface area (Å²) in [5, 5.41) is 1.40. The fourth-order valence-corrected chi connectivity index (χ4v) is 3.14. The Morgan fingerprint density at radius 2 is 2.00 bits per heavy atom. The fourth-order valence-electron chi connectivity index (χ4n) is 2.10. The highest BCUT2D eigenvalue weighted by atomic mass is 35.5. The minimum Gasteiger partial charge on any atom is -0.488 e. The van der Waals surface area contributed by atoms with Crippen LogP contribution < -0.4 is 10.5 Å². The lowest BCUT2D eigenvalue weighted by Crippen LogP contribution is -2.01. The van der Waals surface area contributed by atoms with Gasteiger partial charge in [-0.2, -0.15) is 4.99 Å². The van der Waals surface area contributed by atoms with E-state index in [4.69, 9.17) is 33.7 Å². The van der Waals surface area contributed by atoms with E-state index in [1.54, 1.807) is 30.3 Å². The van der Waals surface area contributed by atoms with Crippen LogP contribution in [0.3, 0.4) is 0 Å². The Bertz CT molecular complexity index is 865. The number of rotatable bonds is 4. The molecule has 1 amide bonds. The largest absolute Gasteiger partial charge is 0.488 e. The monoisotopic (exact) mass is 378 g/mol. The van der Waals surface area contributed by atoms with Crippen LogP contribution in [-0.4, -0.2) is 11.1 Å². The third kappa shape index (κ3) is 3.93. The Morgan fingerprint density at radius 1 is 1.21 bits per heavy atom. The molecule has 2 aromatic rings. The number of carbonyl (C=O) groups excluding carboxylic acids is 1. The van der Waals surface area contributed by atoms with Crippen molar-refractivity contribution in [1.29, 1.82) is 0 Å². The molecule has 0 fully saturated rings. The highest BCUT2D eigenvalue weighted by Gasteiger charge is 2.20. The standard InChI is InChI=1S/C17H12Cl2N2O2S/c18-12-5-6-14(23-9-10-3-1-2-4-13(10)19)11(7-12)8-15-16(22)21-17(20)24-15/h1-8H,9H2,(H2,20,21,22). The first kappa shape index (κ1) is 16.9. The SMILES string of the molecule is NC1=NC(=O)C(=Cc2cc(Cl)ccc2OCc2ccccc2Cl)S1. The van der Waals surface area contributed by atoms with Crippen LogP contribution >= 0.6 is 35.0 Å². The minimum atomic E-state index is -0.366. The lowest BCUT2D eigenvalue weighted by atomic mass is 10.1. The third-order valence-electron chi connectivity index (χ3n) is 3.24. The van der Waals surface area contributed by atoms with Crippen molar-refractivity contribution >= 4 is 52.1 Å². The summed E-state index contributed by atoms with van der Waals surface area (Å²) in [4.78, 5) is 15.9. The Balaban J connectivity index is 1.85. The maximum atomic E-state index is 11.8. The van der Waals surface area contributed by atoms with E-state index >= 15 is 0 Å². The smallest absolute Gasteiger partial charge is 0.286 e. The number of benzene rings is 2. The summed E-state index contributed by atoms with van der Waals surface area (Å²) in [7, 11) is 0. The Morgan fingerprint density at radius 3 is 2.71 bits per heavy atom. The quantitative estimate of drug-likeness (QED) is 0.795. The van der Waals surface area contributed by atoms with E-state index in [0.717, 1.165) is 17.3 Å². The molecular formula is C17H12Cl2N2O2S. The van der Waals surface area contributed by atoms with Crippen molar-refractivity contribution in [3.63, 3.8) is 0 Å². The number of carbonyl (C=O) groups is 1. The molecule has 1 aliphatic heterocycles. The van der Waals surface area contributed by atoms with Gasteiger partial charge in [0.15, 0.2) is 5.17 Å². The second-order valence-electron chi connectivity index (χ2n) is 4.93. The first-order valence-electron chi connectivity index (χ1n) is 6.97. The highest BCUT2D eigenvalue weighted by Crippen LogP contribution is 2.32. The second-order valence-corrected chi connectivity index (χ2v) is 6.83. The van der Waals surface area contributed by atoms with Crippen LogP contribution in [0.2, 0.25) is 10.0 Å². The van der Waals surface area contributed by atoms with Crippen molar-refractivity contribution in [2.45, 2.75) is 6.61 Å². The number of nitrogens with zero attached hydrogens (tertiary/aromatic N) is 1. The minimum absolute atomic E-state index is 0.229. The first-order valence-corrected chi connectivity index (χ1v) is 8.54. The summed E-state index contributed by atoms with van der Waals surface area (Å²) in [6.45, 7) is 0.303. The number of hydrogen-bond donors (Lipinski definition) is 1. The van der Waals surface area contributed by atoms with Crippen LogP contribution in [0.4, 0.5) is 0 Å². The van der Waals surface area contributed by atoms with E-state index in [1.807, 2.05) is 18.2 Å². The summed E-state index contributed by atoms with van der Waals surface area (Å²) < 4.78 is 5.85. The van der Waals surface area contributed by atoms with E-state index in [9.17, 15) is 4.79 Å². The molecule has 0 aliphatic carbocycles. The molecular weight excluding hydrogens is 367 g/mol. The lowest BCUT2D eigenvalue weighted by Gasteiger charge is -2.11. The average molecular weight is 379 g/mol. The van der Waals surface area contributed by atoms with Gasteiger partial charge in [0.2, 0.25) is 0 Å². The molecule has 2 N–H and O–H groups in total. The zero-order valence-corrected chi connectivity index (χ0v) is 14.7. The molecule has 1 heterocycles. The highest BCUT2D eigenvalue weighted by molar-refractivity contribution is 8.18. The third-order valence-corrected chi connectivity index (χ3v) is 4.65. The molecule has 0 aromatic heterocycles. The molecule has 0 saturated carbocycles. The van der Waals surface area contributed by atoms with Crippen LogP contribution in [0, 0.1) is 0 Å². The molecule has 0 radical (unpaired) electrons. The van der Waals surface area contributed by atoms with E-state index < -0.39 is 0 Å². The van der Waals surface area contributed by atoms with Crippen molar-refractivity contribution < 1.29 is 9.53 Å². The van der Waals surface area contributed by atoms with Crippen LogP contribution in [0.5, 0.6) is 5.75 Å². The zero-order valence-electron chi connectivity index (χ0n) is 12.3. The van der Waals surface area contributed by atoms with Gasteiger partial charge in [-0.1, -0.05) is 41.4 Å². The number of amidine groups is 1. The first-order chi connectivity index (χ1) is 11.5.